The Bertz CT molecular complexity index is 1390. The lowest BCUT2D eigenvalue weighted by Gasteiger charge is -2.34. The number of rotatable bonds is 12. The number of nitrogens with zero attached hydrogens (tertiary/aromatic N) is 2. The summed E-state index contributed by atoms with van der Waals surface area (Å²) in [4.78, 5) is 29.4. The van der Waals surface area contributed by atoms with Crippen molar-refractivity contribution >= 4 is 43.5 Å². The molecule has 0 unspecified atom stereocenters. The molecule has 2 atom stereocenters. The summed E-state index contributed by atoms with van der Waals surface area (Å²) in [6.07, 6.45) is 2.11. The fraction of sp³-hybridized carbons (Fsp3) is 0.355. The Kier molecular flexibility index (Phi) is 10.9. The van der Waals surface area contributed by atoms with Gasteiger partial charge in [-0.3, -0.25) is 13.9 Å². The third kappa shape index (κ3) is 8.93. The molecule has 1 N–H and O–H groups in total. The maximum Gasteiger partial charge on any atom is 0.244 e. The van der Waals surface area contributed by atoms with Gasteiger partial charge in [-0.2, -0.15) is 0 Å². The van der Waals surface area contributed by atoms with Crippen molar-refractivity contribution in [3.8, 4) is 0 Å². The molecular weight excluding hydrogens is 590 g/mol. The normalized spacial score (nSPS) is 12.8. The molecule has 3 aromatic rings. The van der Waals surface area contributed by atoms with Gasteiger partial charge in [0, 0.05) is 23.5 Å². The number of anilines is 1. The molecule has 0 radical (unpaired) electrons. The second-order valence-corrected chi connectivity index (χ2v) is 13.1. The van der Waals surface area contributed by atoms with E-state index in [2.05, 4.69) is 21.2 Å². The molecule has 3 aromatic carbocycles. The lowest BCUT2D eigenvalue weighted by Crippen LogP contribution is -2.54. The molecule has 214 valence electrons. The van der Waals surface area contributed by atoms with Gasteiger partial charge in [0.05, 0.1) is 11.9 Å². The summed E-state index contributed by atoms with van der Waals surface area (Å²) in [5.74, 6) is -0.742. The number of sulfonamides is 1. The largest absolute Gasteiger partial charge is 0.352 e. The highest BCUT2D eigenvalue weighted by Crippen LogP contribution is 2.23. The van der Waals surface area contributed by atoms with Crippen molar-refractivity contribution in [2.75, 3.05) is 17.1 Å². The van der Waals surface area contributed by atoms with E-state index in [0.717, 1.165) is 43.7 Å². The molecule has 0 aliphatic carbocycles. The van der Waals surface area contributed by atoms with E-state index in [4.69, 9.17) is 0 Å². The van der Waals surface area contributed by atoms with Crippen LogP contribution in [0.1, 0.15) is 42.5 Å². The number of carbonyl (C=O) groups is 2. The first kappa shape index (κ1) is 31.4. The van der Waals surface area contributed by atoms with Crippen LogP contribution in [-0.2, 0) is 32.6 Å². The standard InChI is InChI=1S/C31H38BrN3O4S/c1-6-24(4)33-31(37)29(19-25-10-8-7-9-11-25)34(20-26-12-14-27(32)15-13-26)30(36)21-35(40(5,38)39)28-17-22(2)16-23(3)18-28/h7-18,24,29H,6,19-21H2,1-5H3,(H,33,37)/t24-,29-/m0/s1. The van der Waals surface area contributed by atoms with Crippen LogP contribution in [-0.4, -0.2) is 50.0 Å². The predicted octanol–water partition coefficient (Wildman–Crippen LogP) is 5.39. The first-order chi connectivity index (χ1) is 18.9. The average Bonchev–Trinajstić information content (AvgIpc) is 2.89. The highest BCUT2D eigenvalue weighted by atomic mass is 79.9. The van der Waals surface area contributed by atoms with Crippen LogP contribution in [0.5, 0.6) is 0 Å². The molecule has 2 amide bonds. The van der Waals surface area contributed by atoms with Crippen molar-refractivity contribution < 1.29 is 18.0 Å². The van der Waals surface area contributed by atoms with E-state index < -0.39 is 28.5 Å². The number of nitrogens with one attached hydrogen (secondary N) is 1. The van der Waals surface area contributed by atoms with Crippen LogP contribution in [0.2, 0.25) is 0 Å². The predicted molar refractivity (Wildman–Crippen MR) is 165 cm³/mol. The molecule has 0 bridgehead atoms. The van der Waals surface area contributed by atoms with Gasteiger partial charge in [0.2, 0.25) is 21.8 Å². The Morgan fingerprint density at radius 1 is 0.925 bits per heavy atom. The highest BCUT2D eigenvalue weighted by Gasteiger charge is 2.33. The summed E-state index contributed by atoms with van der Waals surface area (Å²) < 4.78 is 27.9. The van der Waals surface area contributed by atoms with Gasteiger partial charge < -0.3 is 10.2 Å². The third-order valence-electron chi connectivity index (χ3n) is 6.71. The summed E-state index contributed by atoms with van der Waals surface area (Å²) in [5, 5.41) is 3.04. The minimum atomic E-state index is -3.81. The third-order valence-corrected chi connectivity index (χ3v) is 8.38. The van der Waals surface area contributed by atoms with E-state index in [1.54, 1.807) is 12.1 Å². The summed E-state index contributed by atoms with van der Waals surface area (Å²) in [5.41, 5.74) is 3.91. The van der Waals surface area contributed by atoms with Gasteiger partial charge in [-0.15, -0.1) is 0 Å². The van der Waals surface area contributed by atoms with Crippen molar-refractivity contribution in [1.29, 1.82) is 0 Å². The fourth-order valence-corrected chi connectivity index (χ4v) is 5.59. The molecule has 0 aromatic heterocycles. The maximum absolute atomic E-state index is 14.1. The lowest BCUT2D eigenvalue weighted by atomic mass is 10.0. The van der Waals surface area contributed by atoms with Gasteiger partial charge in [-0.25, -0.2) is 8.42 Å². The van der Waals surface area contributed by atoms with Gasteiger partial charge in [0.15, 0.2) is 0 Å². The van der Waals surface area contributed by atoms with E-state index in [1.165, 1.54) is 4.90 Å². The molecule has 0 fully saturated rings. The number of carbonyl (C=O) groups excluding carboxylic acids is 2. The molecule has 0 aliphatic heterocycles. The van der Waals surface area contributed by atoms with Gasteiger partial charge in [0.1, 0.15) is 12.6 Å². The molecule has 7 nitrogen and oxygen atoms in total. The second-order valence-electron chi connectivity index (χ2n) is 10.3. The zero-order valence-electron chi connectivity index (χ0n) is 23.7. The summed E-state index contributed by atoms with van der Waals surface area (Å²) in [7, 11) is -3.81. The Morgan fingerprint density at radius 3 is 2.08 bits per heavy atom. The average molecular weight is 629 g/mol. The number of aryl methyl sites for hydroxylation is 2. The molecule has 0 heterocycles. The Morgan fingerprint density at radius 2 is 1.52 bits per heavy atom. The number of benzene rings is 3. The molecule has 0 spiro atoms. The van der Waals surface area contributed by atoms with Crippen LogP contribution in [0.3, 0.4) is 0 Å². The van der Waals surface area contributed by atoms with Crippen molar-refractivity contribution in [2.45, 2.75) is 59.2 Å². The molecule has 0 saturated carbocycles. The molecule has 0 aliphatic rings. The summed E-state index contributed by atoms with van der Waals surface area (Å²) in [6.45, 7) is 7.38. The first-order valence-corrected chi connectivity index (χ1v) is 16.0. The molecule has 40 heavy (non-hydrogen) atoms. The minimum absolute atomic E-state index is 0.0850. The fourth-order valence-electron chi connectivity index (χ4n) is 4.49. The minimum Gasteiger partial charge on any atom is -0.352 e. The van der Waals surface area contributed by atoms with Gasteiger partial charge in [-0.05, 0) is 73.7 Å². The van der Waals surface area contributed by atoms with Crippen LogP contribution in [0, 0.1) is 13.8 Å². The monoisotopic (exact) mass is 627 g/mol. The Balaban J connectivity index is 2.07. The Hall–Kier alpha value is -3.17. The van der Waals surface area contributed by atoms with E-state index in [0.29, 0.717) is 5.69 Å². The smallest absolute Gasteiger partial charge is 0.244 e. The van der Waals surface area contributed by atoms with Crippen molar-refractivity contribution in [3.05, 3.63) is 99.5 Å². The van der Waals surface area contributed by atoms with Gasteiger partial charge in [0.25, 0.3) is 0 Å². The van der Waals surface area contributed by atoms with Gasteiger partial charge in [-0.1, -0.05) is 71.4 Å². The van der Waals surface area contributed by atoms with Crippen LogP contribution in [0.4, 0.5) is 5.69 Å². The van der Waals surface area contributed by atoms with Crippen LogP contribution < -0.4 is 9.62 Å². The van der Waals surface area contributed by atoms with Gasteiger partial charge >= 0.3 is 0 Å². The molecular formula is C31H38BrN3O4S. The Labute approximate surface area is 246 Å². The van der Waals surface area contributed by atoms with Crippen LogP contribution >= 0.6 is 15.9 Å². The topological polar surface area (TPSA) is 86.8 Å². The lowest BCUT2D eigenvalue weighted by molar-refractivity contribution is -0.140. The van der Waals surface area contributed by atoms with Crippen LogP contribution in [0.25, 0.3) is 0 Å². The van der Waals surface area contributed by atoms with Crippen molar-refractivity contribution in [1.82, 2.24) is 10.2 Å². The van der Waals surface area contributed by atoms with E-state index in [1.807, 2.05) is 88.4 Å². The highest BCUT2D eigenvalue weighted by molar-refractivity contribution is 9.10. The second kappa shape index (κ2) is 13.9. The molecule has 3 rings (SSSR count). The quantitative estimate of drug-likeness (QED) is 0.292. The van der Waals surface area contributed by atoms with E-state index >= 15 is 0 Å². The first-order valence-electron chi connectivity index (χ1n) is 13.3. The summed E-state index contributed by atoms with van der Waals surface area (Å²) >= 11 is 3.45. The number of amides is 2. The van der Waals surface area contributed by atoms with Crippen LogP contribution in [0.15, 0.2) is 77.3 Å². The number of halogens is 1. The number of hydrogen-bond acceptors (Lipinski definition) is 4. The van der Waals surface area contributed by atoms with E-state index in [-0.39, 0.29) is 24.9 Å². The SMILES string of the molecule is CC[C@H](C)NC(=O)[C@H](Cc1ccccc1)N(Cc1ccc(Br)cc1)C(=O)CN(c1cc(C)cc(C)c1)S(C)(=O)=O. The molecule has 9 heteroatoms. The maximum atomic E-state index is 14.1. The zero-order chi connectivity index (χ0) is 29.4. The van der Waals surface area contributed by atoms with E-state index in [9.17, 15) is 18.0 Å². The van der Waals surface area contributed by atoms with Crippen molar-refractivity contribution in [2.24, 2.45) is 0 Å². The summed E-state index contributed by atoms with van der Waals surface area (Å²) in [6, 6.07) is 21.6. The zero-order valence-corrected chi connectivity index (χ0v) is 26.1. The number of hydrogen-bond donors (Lipinski definition) is 1. The molecule has 0 saturated heterocycles. The van der Waals surface area contributed by atoms with Crippen molar-refractivity contribution in [3.63, 3.8) is 0 Å².